The number of carbonyl (C=O) groups excluding carboxylic acids is 2. The average Bonchev–Trinajstić information content (AvgIpc) is 3.21. The molecule has 0 spiro atoms. The molecule has 0 bridgehead atoms. The zero-order valence-corrected chi connectivity index (χ0v) is 16.5. The van der Waals surface area contributed by atoms with E-state index in [1.807, 2.05) is 0 Å². The van der Waals surface area contributed by atoms with E-state index in [4.69, 9.17) is 25.5 Å². The summed E-state index contributed by atoms with van der Waals surface area (Å²) in [5.41, 5.74) is 14.2. The van der Waals surface area contributed by atoms with Gasteiger partial charge in [0.25, 0.3) is 0 Å². The number of ketones is 1. The molecular weight excluding hydrogens is 386 g/mol. The van der Waals surface area contributed by atoms with Crippen molar-refractivity contribution < 1.29 is 23.6 Å². The molecule has 2 aromatic carbocycles. The number of Topliss-reactive ketones (excluding diaryl/α,β-unsaturated/α-hetero) is 1. The maximum Gasteiger partial charge on any atom is 0.400 e. The van der Waals surface area contributed by atoms with Gasteiger partial charge in [-0.15, -0.1) is 0 Å². The van der Waals surface area contributed by atoms with Gasteiger partial charge >= 0.3 is 5.97 Å². The van der Waals surface area contributed by atoms with Crippen molar-refractivity contribution in [2.45, 2.75) is 20.5 Å². The molecule has 0 fully saturated rings. The highest BCUT2D eigenvalue weighted by molar-refractivity contribution is 6.00. The zero-order chi connectivity index (χ0) is 21.7. The number of ether oxygens (including phenoxy) is 1. The molecule has 0 aliphatic rings. The molecule has 4 N–H and O–H groups in total. The van der Waals surface area contributed by atoms with Crippen LogP contribution in [0.2, 0.25) is 0 Å². The minimum absolute atomic E-state index is 0.0232. The van der Waals surface area contributed by atoms with Gasteiger partial charge < -0.3 is 25.5 Å². The molecule has 1 heterocycles. The summed E-state index contributed by atoms with van der Waals surface area (Å²) in [7, 11) is 0. The standard InChI is InChI=1S/C22H21N3O5/c1-13-18(4-3-5-19(13)23)21(24)25-30-22(27)20-11-10-17(29-20)12-28-16-8-6-15(7-9-16)14(2)26/h3-11H,12,23H2,1-2H3,(H2,24,25). The monoisotopic (exact) mass is 407 g/mol. The third-order valence-corrected chi connectivity index (χ3v) is 4.38. The lowest BCUT2D eigenvalue weighted by Gasteiger charge is -2.06. The van der Waals surface area contributed by atoms with Crippen LogP contribution in [0.4, 0.5) is 5.69 Å². The van der Waals surface area contributed by atoms with Gasteiger partial charge in [0.05, 0.1) is 0 Å². The Bertz CT molecular complexity index is 1100. The molecule has 0 unspecified atom stereocenters. The van der Waals surface area contributed by atoms with Crippen molar-refractivity contribution in [3.63, 3.8) is 0 Å². The van der Waals surface area contributed by atoms with E-state index < -0.39 is 5.97 Å². The van der Waals surface area contributed by atoms with Gasteiger partial charge in [-0.1, -0.05) is 17.3 Å². The number of nitrogen functional groups attached to an aromatic ring is 1. The van der Waals surface area contributed by atoms with Crippen LogP contribution in [0.1, 0.15) is 44.7 Å². The maximum atomic E-state index is 12.1. The summed E-state index contributed by atoms with van der Waals surface area (Å²) in [5, 5.41) is 3.67. The number of nitrogens with zero attached hydrogens (tertiary/aromatic N) is 1. The first kappa shape index (κ1) is 20.7. The Labute approximate surface area is 173 Å². The number of benzene rings is 2. The summed E-state index contributed by atoms with van der Waals surface area (Å²) < 4.78 is 11.0. The summed E-state index contributed by atoms with van der Waals surface area (Å²) in [4.78, 5) is 28.3. The van der Waals surface area contributed by atoms with Crippen molar-refractivity contribution in [2.75, 3.05) is 5.73 Å². The van der Waals surface area contributed by atoms with Gasteiger partial charge in [0, 0.05) is 16.8 Å². The van der Waals surface area contributed by atoms with Crippen LogP contribution in [0.25, 0.3) is 0 Å². The van der Waals surface area contributed by atoms with E-state index in [-0.39, 0.29) is 24.0 Å². The van der Waals surface area contributed by atoms with Crippen LogP contribution < -0.4 is 16.2 Å². The number of nitrogens with two attached hydrogens (primary N) is 2. The molecule has 0 aliphatic heterocycles. The number of carbonyl (C=O) groups is 2. The molecule has 0 saturated heterocycles. The summed E-state index contributed by atoms with van der Waals surface area (Å²) in [5.74, 6) is 0.150. The average molecular weight is 407 g/mol. The SMILES string of the molecule is CC(=O)c1ccc(OCc2ccc(C(=O)O/N=C(\N)c3cccc(N)c3C)o2)cc1. The van der Waals surface area contributed by atoms with Gasteiger partial charge in [-0.2, -0.15) is 0 Å². The molecule has 0 atom stereocenters. The highest BCUT2D eigenvalue weighted by Crippen LogP contribution is 2.17. The van der Waals surface area contributed by atoms with E-state index in [9.17, 15) is 9.59 Å². The summed E-state index contributed by atoms with van der Waals surface area (Å²) in [6, 6.07) is 15.0. The molecule has 154 valence electrons. The molecule has 30 heavy (non-hydrogen) atoms. The lowest BCUT2D eigenvalue weighted by atomic mass is 10.1. The van der Waals surface area contributed by atoms with Gasteiger partial charge in [0.2, 0.25) is 5.76 Å². The first-order valence-corrected chi connectivity index (χ1v) is 9.08. The lowest BCUT2D eigenvalue weighted by molar-refractivity contribution is 0.0475. The Hall–Kier alpha value is -4.07. The largest absolute Gasteiger partial charge is 0.486 e. The predicted molar refractivity (Wildman–Crippen MR) is 111 cm³/mol. The molecule has 0 aliphatic carbocycles. The van der Waals surface area contributed by atoms with Gasteiger partial charge in [-0.3, -0.25) is 4.79 Å². The topological polar surface area (TPSA) is 130 Å². The van der Waals surface area contributed by atoms with Gasteiger partial charge in [0.15, 0.2) is 11.6 Å². The van der Waals surface area contributed by atoms with E-state index in [1.54, 1.807) is 55.5 Å². The second kappa shape index (κ2) is 8.95. The fourth-order valence-electron chi connectivity index (χ4n) is 2.62. The van der Waals surface area contributed by atoms with Gasteiger partial charge in [-0.25, -0.2) is 4.79 Å². The molecule has 1 aromatic heterocycles. The smallest absolute Gasteiger partial charge is 0.400 e. The van der Waals surface area contributed by atoms with Crippen molar-refractivity contribution in [1.82, 2.24) is 0 Å². The van der Waals surface area contributed by atoms with Gasteiger partial charge in [0.1, 0.15) is 18.1 Å². The molecule has 0 amide bonds. The van der Waals surface area contributed by atoms with Crippen molar-refractivity contribution >= 4 is 23.3 Å². The first-order chi connectivity index (χ1) is 14.3. The number of amidine groups is 1. The van der Waals surface area contributed by atoms with Crippen LogP contribution in [-0.4, -0.2) is 17.6 Å². The molecule has 8 heteroatoms. The predicted octanol–water partition coefficient (Wildman–Crippen LogP) is 3.43. The maximum absolute atomic E-state index is 12.1. The fraction of sp³-hybridized carbons (Fsp3) is 0.136. The summed E-state index contributed by atoms with van der Waals surface area (Å²) in [6.07, 6.45) is 0. The Morgan fingerprint density at radius 3 is 2.50 bits per heavy atom. The quantitative estimate of drug-likeness (QED) is 0.153. The minimum atomic E-state index is -0.795. The second-order valence-electron chi connectivity index (χ2n) is 6.51. The third-order valence-electron chi connectivity index (χ3n) is 4.38. The third kappa shape index (κ3) is 4.85. The van der Waals surface area contributed by atoms with Crippen LogP contribution in [-0.2, 0) is 11.4 Å². The van der Waals surface area contributed by atoms with E-state index in [1.165, 1.54) is 13.0 Å². The Morgan fingerprint density at radius 2 is 1.80 bits per heavy atom. The number of hydrogen-bond donors (Lipinski definition) is 2. The number of hydrogen-bond acceptors (Lipinski definition) is 7. The van der Waals surface area contributed by atoms with E-state index in [0.29, 0.717) is 28.3 Å². The number of rotatable bonds is 7. The van der Waals surface area contributed by atoms with E-state index in [2.05, 4.69) is 5.16 Å². The van der Waals surface area contributed by atoms with Gasteiger partial charge in [-0.05, 0) is 61.9 Å². The lowest BCUT2D eigenvalue weighted by Crippen LogP contribution is -2.17. The van der Waals surface area contributed by atoms with Crippen LogP contribution in [0, 0.1) is 6.92 Å². The summed E-state index contributed by atoms with van der Waals surface area (Å²) >= 11 is 0. The normalized spacial score (nSPS) is 11.2. The van der Waals surface area contributed by atoms with Crippen LogP contribution >= 0.6 is 0 Å². The second-order valence-corrected chi connectivity index (χ2v) is 6.51. The van der Waals surface area contributed by atoms with Crippen molar-refractivity contribution in [1.29, 1.82) is 0 Å². The highest BCUT2D eigenvalue weighted by Gasteiger charge is 2.15. The number of anilines is 1. The molecule has 3 aromatic rings. The molecule has 0 radical (unpaired) electrons. The van der Waals surface area contributed by atoms with E-state index >= 15 is 0 Å². The molecule has 0 saturated carbocycles. The van der Waals surface area contributed by atoms with Crippen molar-refractivity contribution in [2.24, 2.45) is 10.9 Å². The molecule has 8 nitrogen and oxygen atoms in total. The Balaban J connectivity index is 1.59. The Kier molecular flexibility index (Phi) is 6.17. The molecule has 3 rings (SSSR count). The highest BCUT2D eigenvalue weighted by atomic mass is 16.7. The number of furan rings is 1. The van der Waals surface area contributed by atoms with Crippen molar-refractivity contribution in [3.8, 4) is 5.75 Å². The molecular formula is C22H21N3O5. The Morgan fingerprint density at radius 1 is 1.07 bits per heavy atom. The first-order valence-electron chi connectivity index (χ1n) is 9.08. The van der Waals surface area contributed by atoms with E-state index in [0.717, 1.165) is 5.56 Å². The summed E-state index contributed by atoms with van der Waals surface area (Å²) in [6.45, 7) is 3.38. The minimum Gasteiger partial charge on any atom is -0.486 e. The number of oxime groups is 1. The van der Waals surface area contributed by atoms with Crippen LogP contribution in [0.3, 0.4) is 0 Å². The zero-order valence-electron chi connectivity index (χ0n) is 16.5. The fourth-order valence-corrected chi connectivity index (χ4v) is 2.62. The van der Waals surface area contributed by atoms with Crippen molar-refractivity contribution in [3.05, 3.63) is 82.8 Å². The van der Waals surface area contributed by atoms with Crippen LogP contribution in [0.15, 0.2) is 64.2 Å². The van der Waals surface area contributed by atoms with Crippen LogP contribution in [0.5, 0.6) is 5.75 Å².